The number of nitrogens with one attached hydrogen (secondary N) is 1. The molecule has 0 fully saturated rings. The number of carbonyl (C=O) groups is 2. The fourth-order valence-corrected chi connectivity index (χ4v) is 4.42. The van der Waals surface area contributed by atoms with Gasteiger partial charge in [0, 0.05) is 26.2 Å². The van der Waals surface area contributed by atoms with Crippen molar-refractivity contribution in [3.63, 3.8) is 0 Å². The van der Waals surface area contributed by atoms with Crippen LogP contribution in [0, 0.1) is 0 Å². The summed E-state index contributed by atoms with van der Waals surface area (Å²) in [5, 5.41) is 11.2. The zero-order chi connectivity index (χ0) is 37.7. The van der Waals surface area contributed by atoms with Crippen LogP contribution in [0.2, 0.25) is 0 Å². The van der Waals surface area contributed by atoms with E-state index >= 15 is 0 Å². The predicted molar refractivity (Wildman–Crippen MR) is 202 cm³/mol. The second-order valence-electron chi connectivity index (χ2n) is 11.0. The van der Waals surface area contributed by atoms with Gasteiger partial charge in [-0.3, -0.25) is 9.59 Å². The van der Waals surface area contributed by atoms with Crippen molar-refractivity contribution in [1.29, 1.82) is 0 Å². The summed E-state index contributed by atoms with van der Waals surface area (Å²) < 4.78 is 67.0. The normalized spacial score (nSPS) is 11.4. The largest absolute Gasteiger partial charge is 0.481 e. The number of carbonyl (C=O) groups excluding carboxylic acids is 1. The average Bonchev–Trinajstić information content (AvgIpc) is 3.14. The molecular weight excluding hydrogens is 801 g/mol. The van der Waals surface area contributed by atoms with E-state index in [1.807, 2.05) is 0 Å². The minimum Gasteiger partial charge on any atom is -0.481 e. The molecule has 0 saturated heterocycles. The first kappa shape index (κ1) is 51.2. The molecule has 2 N–H and O–H groups in total. The fourth-order valence-electron chi connectivity index (χ4n) is 3.88. The number of amides is 1. The first-order valence-corrected chi connectivity index (χ1v) is 20.2. The Morgan fingerprint density at radius 2 is 0.635 bits per heavy atom. The van der Waals surface area contributed by atoms with Gasteiger partial charge in [0.2, 0.25) is 5.91 Å². The van der Waals surface area contributed by atoms with E-state index in [0.29, 0.717) is 165 Å². The molecule has 17 heteroatoms. The third kappa shape index (κ3) is 47.2. The maximum absolute atomic E-state index is 11.4. The van der Waals surface area contributed by atoms with Crippen molar-refractivity contribution in [2.75, 3.05) is 170 Å². The van der Waals surface area contributed by atoms with Gasteiger partial charge in [0.05, 0.1) is 152 Å². The molecule has 0 aliphatic rings. The Labute approximate surface area is 324 Å². The van der Waals surface area contributed by atoms with Gasteiger partial charge in [0.1, 0.15) is 0 Å². The minimum atomic E-state index is -0.982. The van der Waals surface area contributed by atoms with Crippen LogP contribution in [0.3, 0.4) is 0 Å². The van der Waals surface area contributed by atoms with Crippen LogP contribution in [0.1, 0.15) is 44.9 Å². The van der Waals surface area contributed by atoms with E-state index in [2.05, 4.69) is 27.9 Å². The molecule has 0 aromatic carbocycles. The minimum absolute atomic E-state index is 0.0101. The smallest absolute Gasteiger partial charge is 0.303 e. The second-order valence-corrected chi connectivity index (χ2v) is 12.1. The number of ether oxygens (including phenoxy) is 12. The van der Waals surface area contributed by atoms with Gasteiger partial charge >= 0.3 is 5.97 Å². The molecule has 52 heavy (non-hydrogen) atoms. The van der Waals surface area contributed by atoms with Crippen LogP contribution >= 0.6 is 22.6 Å². The highest BCUT2D eigenvalue weighted by molar-refractivity contribution is 14.1. The van der Waals surface area contributed by atoms with Gasteiger partial charge in [-0.05, 0) is 23.7 Å². The lowest BCUT2D eigenvalue weighted by Crippen LogP contribution is -2.25. The lowest BCUT2D eigenvalue weighted by atomic mass is 10.2. The van der Waals surface area contributed by atoms with E-state index in [-0.39, 0.29) is 18.7 Å². The number of carboxylic acid groups (broad SMARTS) is 1. The zero-order valence-electron chi connectivity index (χ0n) is 31.4. The van der Waals surface area contributed by atoms with Crippen LogP contribution in [0.15, 0.2) is 0 Å². The standard InChI is InChI=1S/C35H68INO15/c36-8-3-1-2-4-10-41-12-14-43-16-18-45-20-22-47-24-26-49-28-30-51-32-33-52-31-29-50-27-25-48-23-21-46-19-17-44-15-13-42-11-5-9-37-34(38)6-7-35(39)40/h1-33H2,(H,37,38)(H,39,40). The summed E-state index contributed by atoms with van der Waals surface area (Å²) in [6.07, 6.45) is 5.43. The number of alkyl halides is 1. The van der Waals surface area contributed by atoms with Crippen LogP contribution < -0.4 is 5.32 Å². The van der Waals surface area contributed by atoms with E-state index in [1.54, 1.807) is 0 Å². The molecule has 0 spiro atoms. The van der Waals surface area contributed by atoms with E-state index < -0.39 is 5.97 Å². The Bertz CT molecular complexity index is 730. The van der Waals surface area contributed by atoms with Crippen molar-refractivity contribution in [3.8, 4) is 0 Å². The van der Waals surface area contributed by atoms with Crippen molar-refractivity contribution in [3.05, 3.63) is 0 Å². The monoisotopic (exact) mass is 869 g/mol. The number of carboxylic acids is 1. The van der Waals surface area contributed by atoms with Gasteiger partial charge in [-0.15, -0.1) is 0 Å². The van der Waals surface area contributed by atoms with Gasteiger partial charge in [0.25, 0.3) is 0 Å². The molecule has 0 aromatic heterocycles. The number of aliphatic carboxylic acids is 1. The van der Waals surface area contributed by atoms with E-state index in [1.165, 1.54) is 23.7 Å². The maximum Gasteiger partial charge on any atom is 0.303 e. The molecular formula is C35H68INO15. The maximum atomic E-state index is 11.4. The molecule has 1 amide bonds. The van der Waals surface area contributed by atoms with Gasteiger partial charge in [-0.1, -0.05) is 35.4 Å². The lowest BCUT2D eigenvalue weighted by molar-refractivity contribution is -0.138. The molecule has 0 atom stereocenters. The van der Waals surface area contributed by atoms with Gasteiger partial charge < -0.3 is 67.3 Å². The molecule has 16 nitrogen and oxygen atoms in total. The molecule has 0 unspecified atom stereocenters. The van der Waals surface area contributed by atoms with E-state index in [0.717, 1.165) is 13.0 Å². The number of rotatable bonds is 46. The van der Waals surface area contributed by atoms with Crippen LogP contribution in [0.5, 0.6) is 0 Å². The van der Waals surface area contributed by atoms with Crippen LogP contribution in [-0.2, 0) is 66.4 Å². The second kappa shape index (κ2) is 46.3. The topological polar surface area (TPSA) is 177 Å². The molecule has 0 aliphatic carbocycles. The van der Waals surface area contributed by atoms with Crippen LogP contribution in [0.25, 0.3) is 0 Å². The Balaban J connectivity index is 3.08. The van der Waals surface area contributed by atoms with E-state index in [4.69, 9.17) is 61.9 Å². The summed E-state index contributed by atoms with van der Waals surface area (Å²) >= 11 is 2.42. The number of halogens is 1. The summed E-state index contributed by atoms with van der Waals surface area (Å²) in [4.78, 5) is 21.8. The van der Waals surface area contributed by atoms with Gasteiger partial charge in [-0.2, -0.15) is 0 Å². The van der Waals surface area contributed by atoms with Crippen molar-refractivity contribution in [2.24, 2.45) is 0 Å². The Morgan fingerprint density at radius 3 is 0.923 bits per heavy atom. The van der Waals surface area contributed by atoms with Crippen molar-refractivity contribution in [2.45, 2.75) is 44.9 Å². The third-order valence-electron chi connectivity index (χ3n) is 6.62. The quantitative estimate of drug-likeness (QED) is 0.0518. The lowest BCUT2D eigenvalue weighted by Gasteiger charge is -2.09. The fraction of sp³-hybridized carbons (Fsp3) is 0.943. The van der Waals surface area contributed by atoms with Crippen molar-refractivity contribution in [1.82, 2.24) is 5.32 Å². The molecule has 0 rings (SSSR count). The Morgan fingerprint density at radius 1 is 0.365 bits per heavy atom. The van der Waals surface area contributed by atoms with Crippen LogP contribution in [-0.4, -0.2) is 187 Å². The number of unbranched alkanes of at least 4 members (excludes halogenated alkanes) is 3. The van der Waals surface area contributed by atoms with Crippen molar-refractivity contribution < 1.29 is 71.5 Å². The number of hydrogen-bond acceptors (Lipinski definition) is 14. The van der Waals surface area contributed by atoms with Gasteiger partial charge in [0.15, 0.2) is 0 Å². The summed E-state index contributed by atoms with van der Waals surface area (Å²) in [5.41, 5.74) is 0. The summed E-state index contributed by atoms with van der Waals surface area (Å²) in [5.74, 6) is -1.25. The zero-order valence-corrected chi connectivity index (χ0v) is 33.5. The molecule has 310 valence electrons. The molecule has 0 saturated carbocycles. The summed E-state index contributed by atoms with van der Waals surface area (Å²) in [7, 11) is 0. The average molecular weight is 870 g/mol. The van der Waals surface area contributed by atoms with E-state index in [9.17, 15) is 9.59 Å². The summed E-state index contributed by atoms with van der Waals surface area (Å²) in [6.45, 7) is 12.9. The van der Waals surface area contributed by atoms with Crippen LogP contribution in [0.4, 0.5) is 0 Å². The highest BCUT2D eigenvalue weighted by Gasteiger charge is 2.04. The highest BCUT2D eigenvalue weighted by Crippen LogP contribution is 2.02. The molecule has 0 heterocycles. The number of hydrogen-bond donors (Lipinski definition) is 2. The first-order valence-electron chi connectivity index (χ1n) is 18.6. The molecule has 0 bridgehead atoms. The van der Waals surface area contributed by atoms with Gasteiger partial charge in [-0.25, -0.2) is 0 Å². The van der Waals surface area contributed by atoms with Crippen molar-refractivity contribution >= 4 is 34.5 Å². The summed E-state index contributed by atoms with van der Waals surface area (Å²) in [6, 6.07) is 0. The first-order chi connectivity index (χ1) is 25.7. The third-order valence-corrected chi connectivity index (χ3v) is 7.38. The molecule has 0 radical (unpaired) electrons. The SMILES string of the molecule is O=C(O)CCC(=O)NCCCOCCOCCOCCOCCOCCOCCOCCOCCOCCOCCOCCOCCCCCCI. The highest BCUT2D eigenvalue weighted by atomic mass is 127. The Hall–Kier alpha value is -0.810. The predicted octanol–water partition coefficient (Wildman–Crippen LogP) is 2.55. The Kier molecular flexibility index (Phi) is 45.6. The molecule has 0 aromatic rings. The molecule has 0 aliphatic heterocycles.